The van der Waals surface area contributed by atoms with Gasteiger partial charge in [0.1, 0.15) is 5.82 Å². The number of rotatable bonds is 10. The molecular formula is C88H70N4OPtSi-2. The van der Waals surface area contributed by atoms with Crippen LogP contribution in [0.25, 0.3) is 106 Å². The van der Waals surface area contributed by atoms with Crippen LogP contribution in [-0.4, -0.2) is 22.2 Å². The fourth-order valence-corrected chi connectivity index (χ4v) is 16.7. The van der Waals surface area contributed by atoms with Crippen molar-refractivity contribution in [2.75, 3.05) is 0 Å². The Balaban J connectivity index is 0.0000112. The van der Waals surface area contributed by atoms with Gasteiger partial charge in [-0.1, -0.05) is 259 Å². The minimum absolute atomic E-state index is 0. The molecular weight excluding hydrogens is 1350 g/mol. The zero-order valence-corrected chi connectivity index (χ0v) is 55.4. The molecule has 0 spiro atoms. The summed E-state index contributed by atoms with van der Waals surface area (Å²) in [5.74, 6) is 1.06. The Morgan fingerprint density at radius 3 is 1.73 bits per heavy atom. The van der Waals surface area contributed by atoms with Crippen LogP contribution in [-0.2, 0) is 31.9 Å². The van der Waals surface area contributed by atoms with Gasteiger partial charge in [0.25, 0.3) is 6.33 Å². The number of nitrogens with zero attached hydrogens (tertiary/aromatic N) is 4. The maximum atomic E-state index is 11.1. The second kappa shape index (κ2) is 24.0. The first-order chi connectivity index (χ1) is 56.0. The van der Waals surface area contributed by atoms with Crippen molar-refractivity contribution in [3.05, 3.63) is 319 Å². The van der Waals surface area contributed by atoms with Gasteiger partial charge >= 0.3 is 0 Å². The molecule has 0 unspecified atom stereocenters. The number of fused-ring (bicyclic) bond motifs is 10. The van der Waals surface area contributed by atoms with Gasteiger partial charge in [0, 0.05) is 52.5 Å². The van der Waals surface area contributed by atoms with Crippen LogP contribution in [0.4, 0.5) is 0 Å². The van der Waals surface area contributed by atoms with Gasteiger partial charge in [-0.2, -0.15) is 18.2 Å². The van der Waals surface area contributed by atoms with E-state index >= 15 is 0 Å². The molecule has 1 aliphatic rings. The van der Waals surface area contributed by atoms with Crippen molar-refractivity contribution in [1.29, 1.82) is 0 Å². The van der Waals surface area contributed by atoms with E-state index < -0.39 is 168 Å². The van der Waals surface area contributed by atoms with Crippen molar-refractivity contribution in [1.82, 2.24) is 14.1 Å². The summed E-state index contributed by atoms with van der Waals surface area (Å²) in [6.45, 7) is 6.53. The minimum atomic E-state index is -6.37. The predicted molar refractivity (Wildman–Crippen MR) is 391 cm³/mol. The van der Waals surface area contributed by atoms with E-state index in [0.717, 1.165) is 21.9 Å². The molecule has 464 valence electrons. The Labute approximate surface area is 607 Å². The standard InChI is InChI=1S/C88H70N4OSi.Pt/c1-58-27-24-28-59(2)84(58)62-51-77-73-41-20-18-39-71(73)72-40-19-21-42-74(72)78-50-61(60-29-25-38-70(49-60)94(67-32-12-9-13-33-67,68-34-14-10-15-35-68)69-36-16-11-17-37-69)53-82-86(78)91(85(77)79(52-62)88(6,7)8)57-90(82)64-30-26-31-65(55-64)93-66-45-46-76-75-43-22-23-44-80(75)92(81(76)56-66)83-54-63(47-48-89-83)87(3,4)5;/h9-54H,1-8H3;/q-2;/i1D3,2D3,9D,10D,11D,12D,13D,14D,15D,16D,17D,25D,29D,32D,33D,34D,35D,36D,37D,38D,49D;. The van der Waals surface area contributed by atoms with E-state index in [1.54, 1.807) is 71.4 Å². The van der Waals surface area contributed by atoms with E-state index in [1.165, 1.54) is 18.2 Å². The molecule has 0 radical (unpaired) electrons. The van der Waals surface area contributed by atoms with Crippen LogP contribution in [0, 0.1) is 32.2 Å². The van der Waals surface area contributed by atoms with Gasteiger partial charge in [-0.15, -0.1) is 29.7 Å². The Kier molecular flexibility index (Phi) is 9.79. The van der Waals surface area contributed by atoms with Gasteiger partial charge in [-0.05, 0) is 165 Å². The fraction of sp³-hybridized carbons (Fsp3) is 0.114. The molecule has 95 heavy (non-hydrogen) atoms. The van der Waals surface area contributed by atoms with Crippen LogP contribution in [0.15, 0.2) is 279 Å². The average Bonchev–Trinajstić information content (AvgIpc) is 1.38. The first-order valence-electron chi connectivity index (χ1n) is 43.0. The van der Waals surface area contributed by atoms with Crippen LogP contribution in [0.3, 0.4) is 0 Å². The summed E-state index contributed by atoms with van der Waals surface area (Å²) in [5.41, 5.74) is 5.09. The number of aryl methyl sites for hydroxylation is 2. The van der Waals surface area contributed by atoms with Crippen molar-refractivity contribution in [2.45, 2.75) is 66.1 Å². The molecule has 0 aliphatic carbocycles. The summed E-state index contributed by atoms with van der Waals surface area (Å²) >= 11 is 0. The number of para-hydroxylation sites is 1. The molecule has 16 rings (SSSR count). The van der Waals surface area contributed by atoms with Crippen LogP contribution in [0.2, 0.25) is 0 Å². The number of hydrogen-bond acceptors (Lipinski definition) is 2. The van der Waals surface area contributed by atoms with E-state index in [0.29, 0.717) is 61.5 Å². The topological polar surface area (TPSA) is 35.9 Å². The summed E-state index contributed by atoms with van der Waals surface area (Å²) in [4.78, 5) is 4.87. The second-order valence-corrected chi connectivity index (χ2v) is 28.7. The summed E-state index contributed by atoms with van der Waals surface area (Å²) < 4.78 is 250. The van der Waals surface area contributed by atoms with E-state index in [-0.39, 0.29) is 77.0 Å². The smallest absolute Gasteiger partial charge is 0.268 e. The first kappa shape index (κ1) is 38.8. The SMILES string of the molecule is [2H]c1c([2H])c([2H])c([Si](c2c([2H])c([2H])c([2H])c([2H])c2[2H])(c2c([2H])c([2H])c([2H])c([2H])c2[2H])c2c([2H])c([2H])c([2H])c(-c3cc4c5c(c3)n(-c3[c-]c(Oc6[c-]c7c(cc6)c6ccccc6n7-c6cc(C(C)(C)C)ccn6)ccc3)[c-][n+]5-c3c(cc(-c5c(C([2H])([2H])[2H])cccc5C([2H])([2H])[2H])cc3C(C)(C)C)-c3ccccc3-c3ccccc3-4)c2[2H])c([2H])c1[2H].[Pt]. The number of hydrogen-bond donors (Lipinski definition) is 0. The third-order valence-electron chi connectivity index (χ3n) is 17.5. The first-order valence-corrected chi connectivity index (χ1v) is 32.5. The fourth-order valence-electron chi connectivity index (χ4n) is 13.2. The van der Waals surface area contributed by atoms with Gasteiger partial charge in [0.15, 0.2) is 8.07 Å². The molecule has 12 aromatic carbocycles. The minimum Gasteiger partial charge on any atom is -0.510 e. The molecule has 0 saturated heterocycles. The van der Waals surface area contributed by atoms with Crippen molar-refractivity contribution < 1.29 is 64.6 Å². The van der Waals surface area contributed by atoms with Gasteiger partial charge in [0.2, 0.25) is 0 Å². The van der Waals surface area contributed by atoms with Crippen LogP contribution in [0.1, 0.15) is 98.1 Å². The quantitative estimate of drug-likeness (QED) is 0.0592. The molecule has 0 N–H and O–H groups in total. The zero-order valence-electron chi connectivity index (χ0n) is 77.1. The number of ether oxygens (including phenoxy) is 1. The largest absolute Gasteiger partial charge is 0.510 e. The number of aromatic nitrogens is 4. The van der Waals surface area contributed by atoms with Crippen LogP contribution >= 0.6 is 0 Å². The molecule has 5 nitrogen and oxygen atoms in total. The predicted octanol–water partition coefficient (Wildman–Crippen LogP) is 18.8. The summed E-state index contributed by atoms with van der Waals surface area (Å²) in [6.07, 6.45) is 5.48. The third-order valence-corrected chi connectivity index (χ3v) is 21.5. The molecule has 0 amide bonds. The molecule has 0 bridgehead atoms. The third kappa shape index (κ3) is 10.4. The van der Waals surface area contributed by atoms with Crippen molar-refractivity contribution >= 4 is 61.7 Å². The Bertz CT molecular complexity index is 6630. The van der Waals surface area contributed by atoms with Gasteiger partial charge in [-0.25, -0.2) is 4.98 Å². The molecule has 0 saturated carbocycles. The maximum absolute atomic E-state index is 11.1. The zero-order chi connectivity index (χ0) is 85.6. The maximum Gasteiger partial charge on any atom is 0.268 e. The van der Waals surface area contributed by atoms with Crippen molar-refractivity contribution in [2.24, 2.45) is 0 Å². The molecule has 7 heteroatoms. The van der Waals surface area contributed by atoms with E-state index in [1.807, 2.05) is 109 Å². The van der Waals surface area contributed by atoms with Crippen molar-refractivity contribution in [3.63, 3.8) is 0 Å². The monoisotopic (exact) mass is 1450 g/mol. The Morgan fingerprint density at radius 1 is 0.495 bits per heavy atom. The molecule has 0 fully saturated rings. The van der Waals surface area contributed by atoms with Gasteiger partial charge < -0.3 is 13.9 Å². The molecule has 15 aromatic rings. The molecule has 3 aromatic heterocycles. The van der Waals surface area contributed by atoms with Gasteiger partial charge in [0.05, 0.1) is 42.8 Å². The second-order valence-electron chi connectivity index (χ2n) is 25.2. The van der Waals surface area contributed by atoms with Crippen LogP contribution < -0.4 is 30.1 Å². The Morgan fingerprint density at radius 2 is 1.08 bits per heavy atom. The normalized spacial score (nSPS) is 16.1. The average molecular weight is 1450 g/mol. The van der Waals surface area contributed by atoms with E-state index in [2.05, 4.69) is 39.2 Å². The number of benzene rings is 12. The number of pyridine rings is 1. The molecule has 1 aliphatic heterocycles. The summed E-state index contributed by atoms with van der Waals surface area (Å²) in [5, 5.41) is -2.19. The number of imidazole rings is 1. The summed E-state index contributed by atoms with van der Waals surface area (Å²) in [6, 6.07) is 32.7. The van der Waals surface area contributed by atoms with Crippen molar-refractivity contribution in [3.8, 4) is 84.3 Å². The molecule has 4 heterocycles. The molecule has 0 atom stereocenters. The van der Waals surface area contributed by atoms with E-state index in [4.69, 9.17) is 22.1 Å². The van der Waals surface area contributed by atoms with E-state index in [9.17, 15) is 21.9 Å². The Hall–Kier alpha value is -10.2. The summed E-state index contributed by atoms with van der Waals surface area (Å²) in [7, 11) is -6.37. The van der Waals surface area contributed by atoms with Gasteiger partial charge in [-0.3, -0.25) is 4.57 Å². The van der Waals surface area contributed by atoms with Crippen LogP contribution in [0.5, 0.6) is 11.5 Å².